The first-order valence-corrected chi connectivity index (χ1v) is 4.65. The van der Waals surface area contributed by atoms with Crippen LogP contribution in [0.4, 0.5) is 0 Å². The molecule has 4 heteroatoms. The Morgan fingerprint density at radius 2 is 1.69 bits per heavy atom. The minimum Gasteiger partial charge on any atom is -0.334 e. The van der Waals surface area contributed by atoms with E-state index in [0.29, 0.717) is 19.5 Å². The van der Waals surface area contributed by atoms with Crippen LogP contribution in [0.3, 0.4) is 0 Å². The fraction of sp³-hybridized carbons (Fsp3) is 0.778. The molecule has 0 bridgehead atoms. The summed E-state index contributed by atoms with van der Waals surface area (Å²) in [5, 5.41) is 0. The first-order valence-electron chi connectivity index (χ1n) is 4.65. The molecule has 1 rings (SSSR count). The third kappa shape index (κ3) is 2.52. The third-order valence-corrected chi connectivity index (χ3v) is 2.35. The summed E-state index contributed by atoms with van der Waals surface area (Å²) in [5.74, 6) is -0.583. The van der Waals surface area contributed by atoms with E-state index in [2.05, 4.69) is 4.90 Å². The molecule has 1 amide bonds. The number of hydrogen-bond acceptors (Lipinski definition) is 3. The normalized spacial score (nSPS) is 18.8. The molecule has 0 aromatic heterocycles. The van der Waals surface area contributed by atoms with E-state index < -0.39 is 0 Å². The van der Waals surface area contributed by atoms with Gasteiger partial charge in [-0.1, -0.05) is 6.92 Å². The molecule has 0 atom stereocenters. The maximum absolute atomic E-state index is 11.4. The SMILES string of the molecule is CCC(=O)C(=O)N1CCN(C)CC1. The predicted molar refractivity (Wildman–Crippen MR) is 49.4 cm³/mol. The zero-order valence-electron chi connectivity index (χ0n) is 8.25. The smallest absolute Gasteiger partial charge is 0.290 e. The number of piperazine rings is 1. The van der Waals surface area contributed by atoms with Gasteiger partial charge in [0.25, 0.3) is 5.91 Å². The number of amides is 1. The minimum absolute atomic E-state index is 0.274. The van der Waals surface area contributed by atoms with Gasteiger partial charge in [0.05, 0.1) is 0 Å². The molecule has 0 saturated carbocycles. The van der Waals surface area contributed by atoms with E-state index in [9.17, 15) is 9.59 Å². The third-order valence-electron chi connectivity index (χ3n) is 2.35. The van der Waals surface area contributed by atoms with Crippen LogP contribution in [0.1, 0.15) is 13.3 Å². The fourth-order valence-corrected chi connectivity index (χ4v) is 1.34. The van der Waals surface area contributed by atoms with Gasteiger partial charge in [-0.05, 0) is 7.05 Å². The van der Waals surface area contributed by atoms with Gasteiger partial charge in [0.15, 0.2) is 0 Å². The molecule has 1 aliphatic heterocycles. The number of nitrogens with zero attached hydrogens (tertiary/aromatic N) is 2. The van der Waals surface area contributed by atoms with Crippen molar-refractivity contribution in [1.29, 1.82) is 0 Å². The quantitative estimate of drug-likeness (QED) is 0.555. The van der Waals surface area contributed by atoms with Crippen molar-refractivity contribution < 1.29 is 9.59 Å². The van der Waals surface area contributed by atoms with E-state index in [1.54, 1.807) is 11.8 Å². The number of likely N-dealkylation sites (N-methyl/N-ethyl adjacent to an activating group) is 1. The number of Topliss-reactive ketones (excluding diaryl/α,β-unsaturated/α-hetero) is 1. The number of rotatable bonds is 2. The summed E-state index contributed by atoms with van der Waals surface area (Å²) in [4.78, 5) is 26.3. The molecule has 1 fully saturated rings. The molecular formula is C9H16N2O2. The summed E-state index contributed by atoms with van der Waals surface area (Å²) in [6.45, 7) is 4.81. The lowest BCUT2D eigenvalue weighted by Crippen LogP contribution is -2.49. The van der Waals surface area contributed by atoms with Crippen LogP contribution in [0.5, 0.6) is 0 Å². The van der Waals surface area contributed by atoms with Crippen molar-refractivity contribution in [3.63, 3.8) is 0 Å². The second kappa shape index (κ2) is 4.37. The highest BCUT2D eigenvalue weighted by Gasteiger charge is 2.22. The standard InChI is InChI=1S/C9H16N2O2/c1-3-8(12)9(13)11-6-4-10(2)5-7-11/h3-7H2,1-2H3. The second-order valence-corrected chi connectivity index (χ2v) is 3.37. The van der Waals surface area contributed by atoms with E-state index in [0.717, 1.165) is 13.1 Å². The molecule has 0 aliphatic carbocycles. The van der Waals surface area contributed by atoms with Gasteiger partial charge in [-0.3, -0.25) is 9.59 Å². The molecule has 4 nitrogen and oxygen atoms in total. The van der Waals surface area contributed by atoms with Crippen LogP contribution in [0.25, 0.3) is 0 Å². The maximum Gasteiger partial charge on any atom is 0.290 e. The summed E-state index contributed by atoms with van der Waals surface area (Å²) in [7, 11) is 2.02. The molecule has 0 spiro atoms. The summed E-state index contributed by atoms with van der Waals surface area (Å²) >= 11 is 0. The zero-order chi connectivity index (χ0) is 9.84. The highest BCUT2D eigenvalue weighted by molar-refractivity contribution is 6.35. The predicted octanol–water partition coefficient (Wildman–Crippen LogP) is -0.261. The van der Waals surface area contributed by atoms with Crippen molar-refractivity contribution in [2.75, 3.05) is 33.2 Å². The maximum atomic E-state index is 11.4. The van der Waals surface area contributed by atoms with Gasteiger partial charge in [-0.25, -0.2) is 0 Å². The molecule has 0 radical (unpaired) electrons. The van der Waals surface area contributed by atoms with Crippen molar-refractivity contribution in [3.05, 3.63) is 0 Å². The lowest BCUT2D eigenvalue weighted by molar-refractivity contribution is -0.145. The zero-order valence-corrected chi connectivity index (χ0v) is 8.25. The Bertz CT molecular complexity index is 208. The van der Waals surface area contributed by atoms with Gasteiger partial charge in [0.1, 0.15) is 0 Å². The van der Waals surface area contributed by atoms with Crippen LogP contribution in [0, 0.1) is 0 Å². The van der Waals surface area contributed by atoms with Crippen molar-refractivity contribution >= 4 is 11.7 Å². The number of ketones is 1. The van der Waals surface area contributed by atoms with Gasteiger partial charge in [0.2, 0.25) is 5.78 Å². The van der Waals surface area contributed by atoms with E-state index in [1.165, 1.54) is 0 Å². The Labute approximate surface area is 78.5 Å². The Morgan fingerprint density at radius 1 is 1.15 bits per heavy atom. The summed E-state index contributed by atoms with van der Waals surface area (Å²) < 4.78 is 0. The Balaban J connectivity index is 2.44. The Hall–Kier alpha value is -0.900. The van der Waals surface area contributed by atoms with E-state index >= 15 is 0 Å². The molecule has 1 aliphatic rings. The Kier molecular flexibility index (Phi) is 3.42. The van der Waals surface area contributed by atoms with Gasteiger partial charge < -0.3 is 9.80 Å². The van der Waals surface area contributed by atoms with Crippen molar-refractivity contribution in [1.82, 2.24) is 9.80 Å². The van der Waals surface area contributed by atoms with Crippen LogP contribution in [-0.4, -0.2) is 54.7 Å². The monoisotopic (exact) mass is 184 g/mol. The largest absolute Gasteiger partial charge is 0.334 e. The van der Waals surface area contributed by atoms with Crippen LogP contribution in [0.15, 0.2) is 0 Å². The molecule has 13 heavy (non-hydrogen) atoms. The highest BCUT2D eigenvalue weighted by Crippen LogP contribution is 2.00. The van der Waals surface area contributed by atoms with Crippen molar-refractivity contribution in [2.45, 2.75) is 13.3 Å². The highest BCUT2D eigenvalue weighted by atomic mass is 16.2. The molecule has 1 heterocycles. The van der Waals surface area contributed by atoms with Crippen LogP contribution in [0.2, 0.25) is 0 Å². The molecule has 0 N–H and O–H groups in total. The Morgan fingerprint density at radius 3 is 2.15 bits per heavy atom. The summed E-state index contributed by atoms with van der Waals surface area (Å²) in [6.07, 6.45) is 0.311. The number of carbonyl (C=O) groups excluding carboxylic acids is 2. The van der Waals surface area contributed by atoms with Gasteiger partial charge in [-0.2, -0.15) is 0 Å². The van der Waals surface area contributed by atoms with Gasteiger partial charge >= 0.3 is 0 Å². The van der Waals surface area contributed by atoms with Crippen LogP contribution in [-0.2, 0) is 9.59 Å². The van der Waals surface area contributed by atoms with Crippen molar-refractivity contribution in [2.24, 2.45) is 0 Å². The average molecular weight is 184 g/mol. The molecule has 0 aromatic rings. The van der Waals surface area contributed by atoms with E-state index in [1.807, 2.05) is 7.05 Å². The lowest BCUT2D eigenvalue weighted by Gasteiger charge is -2.31. The summed E-state index contributed by atoms with van der Waals surface area (Å²) in [5.41, 5.74) is 0. The molecule has 0 aromatic carbocycles. The van der Waals surface area contributed by atoms with Gasteiger partial charge in [0, 0.05) is 32.6 Å². The van der Waals surface area contributed by atoms with Gasteiger partial charge in [-0.15, -0.1) is 0 Å². The second-order valence-electron chi connectivity index (χ2n) is 3.37. The lowest BCUT2D eigenvalue weighted by atomic mass is 10.2. The average Bonchev–Trinajstić information content (AvgIpc) is 2.17. The topological polar surface area (TPSA) is 40.6 Å². The molecular weight excluding hydrogens is 168 g/mol. The van der Waals surface area contributed by atoms with Crippen molar-refractivity contribution in [3.8, 4) is 0 Å². The van der Waals surface area contributed by atoms with E-state index in [4.69, 9.17) is 0 Å². The molecule has 1 saturated heterocycles. The first kappa shape index (κ1) is 10.2. The number of carbonyl (C=O) groups is 2. The van der Waals surface area contributed by atoms with E-state index in [-0.39, 0.29) is 11.7 Å². The van der Waals surface area contributed by atoms with Crippen LogP contribution >= 0.6 is 0 Å². The molecule has 74 valence electrons. The first-order chi connectivity index (χ1) is 6.15. The summed E-state index contributed by atoms with van der Waals surface area (Å²) in [6, 6.07) is 0. The fourth-order valence-electron chi connectivity index (χ4n) is 1.34. The van der Waals surface area contributed by atoms with Crippen LogP contribution < -0.4 is 0 Å². The minimum atomic E-state index is -0.310. The molecule has 0 unspecified atom stereocenters. The number of hydrogen-bond donors (Lipinski definition) is 0.